The smallest absolute Gasteiger partial charge is 0.338 e. The molecular formula is C18H22NO3-. The summed E-state index contributed by atoms with van der Waals surface area (Å²) in [4.78, 5) is 24.4. The number of hydrogen-bond donors (Lipinski definition) is 0. The minimum Gasteiger partial charge on any atom is -0.763 e. The van der Waals surface area contributed by atoms with Crippen LogP contribution in [0.5, 0.6) is 0 Å². The highest BCUT2D eigenvalue weighted by Crippen LogP contribution is 2.29. The van der Waals surface area contributed by atoms with Crippen molar-refractivity contribution in [3.8, 4) is 0 Å². The van der Waals surface area contributed by atoms with E-state index in [2.05, 4.69) is 0 Å². The molecule has 0 aliphatic rings. The summed E-state index contributed by atoms with van der Waals surface area (Å²) in [5.74, 6) is 1.46. The average Bonchev–Trinajstić information content (AvgIpc) is 2.43. The Hall–Kier alpha value is -2.19. The number of rotatable bonds is 5. The Bertz CT molecular complexity index is 617. The number of ketones is 1. The Morgan fingerprint density at radius 2 is 1.86 bits per heavy atom. The maximum Gasteiger partial charge on any atom is 0.338 e. The van der Waals surface area contributed by atoms with Gasteiger partial charge in [-0.05, 0) is 37.6 Å². The van der Waals surface area contributed by atoms with Crippen LogP contribution < -0.4 is 0 Å². The zero-order valence-electron chi connectivity index (χ0n) is 13.8. The van der Waals surface area contributed by atoms with Crippen molar-refractivity contribution >= 4 is 23.7 Å². The van der Waals surface area contributed by atoms with Gasteiger partial charge in [0.2, 0.25) is 0 Å². The lowest BCUT2D eigenvalue weighted by Crippen LogP contribution is -2.38. The highest BCUT2D eigenvalue weighted by Gasteiger charge is 2.37. The summed E-state index contributed by atoms with van der Waals surface area (Å²) < 4.78 is 5.29. The van der Waals surface area contributed by atoms with Gasteiger partial charge in [-0.2, -0.15) is 0 Å². The van der Waals surface area contributed by atoms with Crippen molar-refractivity contribution in [1.29, 1.82) is 0 Å². The van der Waals surface area contributed by atoms with Crippen LogP contribution in [0.3, 0.4) is 0 Å². The number of nitrogens with zero attached hydrogens (tertiary/aromatic N) is 1. The predicted molar refractivity (Wildman–Crippen MR) is 87.8 cm³/mol. The molecule has 0 amide bonds. The van der Waals surface area contributed by atoms with Crippen LogP contribution in [0.4, 0.5) is 0 Å². The summed E-state index contributed by atoms with van der Waals surface area (Å²) in [6, 6.07) is 6.62. The van der Waals surface area contributed by atoms with Crippen LogP contribution >= 0.6 is 0 Å². The first-order valence-electron chi connectivity index (χ1n) is 7.13. The van der Waals surface area contributed by atoms with E-state index in [1.807, 2.05) is 26.6 Å². The maximum atomic E-state index is 12.3. The van der Waals surface area contributed by atoms with E-state index in [9.17, 15) is 9.59 Å². The second-order valence-electron chi connectivity index (χ2n) is 6.94. The second kappa shape index (κ2) is 6.71. The zero-order valence-corrected chi connectivity index (χ0v) is 13.8. The molecule has 0 heterocycles. The summed E-state index contributed by atoms with van der Waals surface area (Å²) in [7, 11) is 0. The minimum absolute atomic E-state index is 0.0220. The molecule has 0 saturated heterocycles. The molecule has 0 radical (unpaired) electrons. The van der Waals surface area contributed by atoms with Crippen molar-refractivity contribution in [1.82, 2.24) is 0 Å². The SMILES string of the molecule is CC(C)(C)C(=O)C(C)(C)COC(=O)c1cccc(C=C=[N-])c1. The Balaban J connectivity index is 2.80. The Morgan fingerprint density at radius 1 is 1.23 bits per heavy atom. The lowest BCUT2D eigenvalue weighted by atomic mass is 9.75. The molecule has 0 bridgehead atoms. The number of carbonyl (C=O) groups excluding carboxylic acids is 2. The third kappa shape index (κ3) is 4.68. The molecule has 0 fully saturated rings. The van der Waals surface area contributed by atoms with E-state index in [0.717, 1.165) is 0 Å². The second-order valence-corrected chi connectivity index (χ2v) is 6.94. The third-order valence-electron chi connectivity index (χ3n) is 3.21. The first kappa shape index (κ1) is 17.9. The molecule has 4 nitrogen and oxygen atoms in total. The quantitative estimate of drug-likeness (QED) is 0.614. The fraction of sp³-hybridized carbons (Fsp3) is 0.444. The predicted octanol–water partition coefficient (Wildman–Crippen LogP) is 3.74. The van der Waals surface area contributed by atoms with E-state index in [-0.39, 0.29) is 12.4 Å². The summed E-state index contributed by atoms with van der Waals surface area (Å²) in [6.45, 7) is 9.11. The summed E-state index contributed by atoms with van der Waals surface area (Å²) >= 11 is 0. The van der Waals surface area contributed by atoms with Gasteiger partial charge in [0.15, 0.2) is 0 Å². The molecule has 4 heteroatoms. The molecule has 1 aromatic carbocycles. The van der Waals surface area contributed by atoms with Gasteiger partial charge in [-0.15, -0.1) is 0 Å². The van der Waals surface area contributed by atoms with Gasteiger partial charge in [0.05, 0.1) is 11.0 Å². The number of esters is 1. The maximum absolute atomic E-state index is 12.3. The van der Waals surface area contributed by atoms with Gasteiger partial charge in [-0.25, -0.2) is 4.79 Å². The molecule has 1 aromatic rings. The number of carbonyl (C=O) groups is 2. The van der Waals surface area contributed by atoms with E-state index >= 15 is 0 Å². The summed E-state index contributed by atoms with van der Waals surface area (Å²) in [5, 5.41) is 8.64. The van der Waals surface area contributed by atoms with E-state index < -0.39 is 16.8 Å². The van der Waals surface area contributed by atoms with Gasteiger partial charge in [0, 0.05) is 5.41 Å². The number of Topliss-reactive ketones (excluding diaryl/α,β-unsaturated/α-hetero) is 1. The van der Waals surface area contributed by atoms with Gasteiger partial charge in [-0.1, -0.05) is 32.9 Å². The Kier molecular flexibility index (Phi) is 5.45. The fourth-order valence-electron chi connectivity index (χ4n) is 2.24. The molecule has 0 saturated carbocycles. The molecular weight excluding hydrogens is 278 g/mol. The van der Waals surface area contributed by atoms with Crippen molar-refractivity contribution in [2.45, 2.75) is 34.6 Å². The van der Waals surface area contributed by atoms with Gasteiger partial charge in [0.1, 0.15) is 12.4 Å². The average molecular weight is 300 g/mol. The van der Waals surface area contributed by atoms with Crippen LogP contribution in [0.15, 0.2) is 24.3 Å². The van der Waals surface area contributed by atoms with Gasteiger partial charge >= 0.3 is 5.97 Å². The van der Waals surface area contributed by atoms with Crippen molar-refractivity contribution in [2.75, 3.05) is 6.61 Å². The molecule has 0 atom stereocenters. The topological polar surface area (TPSA) is 65.7 Å². The lowest BCUT2D eigenvalue weighted by molar-refractivity contribution is -0.137. The number of ether oxygens (including phenoxy) is 1. The fourth-order valence-corrected chi connectivity index (χ4v) is 2.24. The van der Waals surface area contributed by atoms with Crippen LogP contribution in [0.1, 0.15) is 50.5 Å². The molecule has 0 unspecified atom stereocenters. The monoisotopic (exact) mass is 300 g/mol. The van der Waals surface area contributed by atoms with Crippen LogP contribution in [0.25, 0.3) is 11.5 Å². The van der Waals surface area contributed by atoms with Crippen molar-refractivity contribution in [3.05, 3.63) is 40.8 Å². The summed E-state index contributed by atoms with van der Waals surface area (Å²) in [5.41, 5.74) is -0.230. The zero-order chi connectivity index (χ0) is 17.0. The molecule has 118 valence electrons. The molecule has 0 aliphatic heterocycles. The minimum atomic E-state index is -0.746. The van der Waals surface area contributed by atoms with Gasteiger partial charge in [-0.3, -0.25) is 10.7 Å². The lowest BCUT2D eigenvalue weighted by Gasteiger charge is -2.30. The standard InChI is InChI=1S/C18H22NO3/c1-17(2,3)16(21)18(4,5)12-22-15(20)14-8-6-7-13(11-14)9-10-19/h6-9,11H,12H2,1-5H3/q-1. The molecule has 0 spiro atoms. The van der Waals surface area contributed by atoms with E-state index in [0.29, 0.717) is 11.1 Å². The van der Waals surface area contributed by atoms with Crippen LogP contribution in [-0.4, -0.2) is 24.2 Å². The summed E-state index contributed by atoms with van der Waals surface area (Å²) in [6.07, 6.45) is 1.35. The number of benzene rings is 1. The van der Waals surface area contributed by atoms with E-state index in [1.54, 1.807) is 38.1 Å². The van der Waals surface area contributed by atoms with E-state index in [4.69, 9.17) is 10.1 Å². The highest BCUT2D eigenvalue weighted by atomic mass is 16.5. The first-order valence-corrected chi connectivity index (χ1v) is 7.13. The molecule has 0 aliphatic carbocycles. The van der Waals surface area contributed by atoms with Crippen molar-refractivity contribution in [3.63, 3.8) is 0 Å². The van der Waals surface area contributed by atoms with Crippen LogP contribution in [0, 0.1) is 10.8 Å². The number of hydrogen-bond acceptors (Lipinski definition) is 3. The first-order chi connectivity index (χ1) is 10.1. The molecule has 0 N–H and O–H groups in total. The molecule has 1 rings (SSSR count). The van der Waals surface area contributed by atoms with Crippen LogP contribution in [0.2, 0.25) is 0 Å². The van der Waals surface area contributed by atoms with E-state index in [1.165, 1.54) is 6.08 Å². The Labute approximate surface area is 131 Å². The van der Waals surface area contributed by atoms with Crippen molar-refractivity contribution < 1.29 is 14.3 Å². The molecule has 0 aromatic heterocycles. The Morgan fingerprint density at radius 3 is 2.41 bits per heavy atom. The normalized spacial score (nSPS) is 11.5. The van der Waals surface area contributed by atoms with Crippen molar-refractivity contribution in [2.24, 2.45) is 10.8 Å². The van der Waals surface area contributed by atoms with Crippen LogP contribution in [-0.2, 0) is 9.53 Å². The molecule has 22 heavy (non-hydrogen) atoms. The van der Waals surface area contributed by atoms with Gasteiger partial charge in [0.25, 0.3) is 0 Å². The third-order valence-corrected chi connectivity index (χ3v) is 3.21. The largest absolute Gasteiger partial charge is 0.763 e. The van der Waals surface area contributed by atoms with Gasteiger partial charge < -0.3 is 10.1 Å². The highest BCUT2D eigenvalue weighted by molar-refractivity contribution is 5.92.